The zero-order valence-electron chi connectivity index (χ0n) is 16.5. The van der Waals surface area contributed by atoms with Crippen LogP contribution in [0.15, 0.2) is 4.99 Å². The molecule has 1 heterocycles. The van der Waals surface area contributed by atoms with E-state index in [0.717, 1.165) is 37.9 Å². The standard InChI is InChI=1S/C18H36F3N5/c1-4-22-17(23-9-5-11-25(3)15-18(19,20)21)24-10-6-12-26-13-7-16(2)8-14-26/h16H,4-15H2,1-3H3,(H2,22,23,24). The highest BCUT2D eigenvalue weighted by Gasteiger charge is 2.28. The highest BCUT2D eigenvalue weighted by atomic mass is 19.4. The van der Waals surface area contributed by atoms with E-state index in [2.05, 4.69) is 27.4 Å². The highest BCUT2D eigenvalue weighted by molar-refractivity contribution is 5.79. The summed E-state index contributed by atoms with van der Waals surface area (Å²) in [4.78, 5) is 8.25. The zero-order chi connectivity index (χ0) is 19.4. The fraction of sp³-hybridized carbons (Fsp3) is 0.944. The quantitative estimate of drug-likeness (QED) is 0.348. The second kappa shape index (κ2) is 12.4. The number of hydrogen-bond acceptors (Lipinski definition) is 3. The van der Waals surface area contributed by atoms with Crippen LogP contribution in [0.1, 0.15) is 39.5 Å². The molecule has 0 saturated carbocycles. The second-order valence-corrected chi connectivity index (χ2v) is 7.27. The molecule has 1 aliphatic rings. The summed E-state index contributed by atoms with van der Waals surface area (Å²) in [5.74, 6) is 1.60. The lowest BCUT2D eigenvalue weighted by atomic mass is 9.99. The summed E-state index contributed by atoms with van der Waals surface area (Å²) in [5, 5.41) is 6.50. The number of piperidine rings is 1. The molecule has 0 unspecified atom stereocenters. The molecule has 154 valence electrons. The molecular weight excluding hydrogens is 343 g/mol. The van der Waals surface area contributed by atoms with Gasteiger partial charge in [0, 0.05) is 19.6 Å². The monoisotopic (exact) mass is 379 g/mol. The van der Waals surface area contributed by atoms with Gasteiger partial charge in [-0.15, -0.1) is 0 Å². The van der Waals surface area contributed by atoms with E-state index in [1.807, 2.05) is 6.92 Å². The average Bonchev–Trinajstić information content (AvgIpc) is 2.55. The summed E-state index contributed by atoms with van der Waals surface area (Å²) in [7, 11) is 1.49. The summed E-state index contributed by atoms with van der Waals surface area (Å²) in [6.07, 6.45) is 0.115. The molecule has 0 amide bonds. The number of halogens is 3. The number of guanidine groups is 1. The molecule has 0 radical (unpaired) electrons. The minimum Gasteiger partial charge on any atom is -0.357 e. The summed E-state index contributed by atoms with van der Waals surface area (Å²) in [6, 6.07) is 0. The topological polar surface area (TPSA) is 42.9 Å². The SMILES string of the molecule is CCNC(=NCCCN(C)CC(F)(F)F)NCCCN1CCC(C)CC1. The lowest BCUT2D eigenvalue weighted by Crippen LogP contribution is -2.40. The first-order valence-electron chi connectivity index (χ1n) is 9.80. The fourth-order valence-electron chi connectivity index (χ4n) is 3.05. The molecule has 8 heteroatoms. The van der Waals surface area contributed by atoms with E-state index >= 15 is 0 Å². The van der Waals surface area contributed by atoms with Crippen molar-refractivity contribution in [2.24, 2.45) is 10.9 Å². The molecule has 5 nitrogen and oxygen atoms in total. The number of alkyl halides is 3. The Balaban J connectivity index is 2.18. The summed E-state index contributed by atoms with van der Waals surface area (Å²) < 4.78 is 36.8. The van der Waals surface area contributed by atoms with E-state index in [4.69, 9.17) is 0 Å². The summed E-state index contributed by atoms with van der Waals surface area (Å²) >= 11 is 0. The molecule has 0 bridgehead atoms. The fourth-order valence-corrected chi connectivity index (χ4v) is 3.05. The maximum absolute atomic E-state index is 12.3. The molecule has 0 aromatic heterocycles. The molecule has 2 N–H and O–H groups in total. The van der Waals surface area contributed by atoms with Gasteiger partial charge in [-0.05, 0) is 71.8 Å². The summed E-state index contributed by atoms with van der Waals surface area (Å²) in [6.45, 7) is 9.46. The molecule has 0 aliphatic carbocycles. The van der Waals surface area contributed by atoms with Crippen molar-refractivity contribution in [2.75, 3.05) is 59.4 Å². The van der Waals surface area contributed by atoms with Crippen LogP contribution in [0.2, 0.25) is 0 Å². The average molecular weight is 380 g/mol. The van der Waals surface area contributed by atoms with Gasteiger partial charge in [0.15, 0.2) is 5.96 Å². The summed E-state index contributed by atoms with van der Waals surface area (Å²) in [5.41, 5.74) is 0. The van der Waals surface area contributed by atoms with Crippen LogP contribution in [0.5, 0.6) is 0 Å². The van der Waals surface area contributed by atoms with Crippen LogP contribution >= 0.6 is 0 Å². The van der Waals surface area contributed by atoms with Crippen molar-refractivity contribution in [3.63, 3.8) is 0 Å². The Labute approximate surface area is 156 Å². The second-order valence-electron chi connectivity index (χ2n) is 7.27. The van der Waals surface area contributed by atoms with Crippen molar-refractivity contribution in [3.05, 3.63) is 0 Å². The van der Waals surface area contributed by atoms with Crippen LogP contribution in [0.3, 0.4) is 0 Å². The van der Waals surface area contributed by atoms with Gasteiger partial charge < -0.3 is 15.5 Å². The largest absolute Gasteiger partial charge is 0.401 e. The van der Waals surface area contributed by atoms with E-state index in [1.54, 1.807) is 0 Å². The Bertz CT molecular complexity index is 393. The van der Waals surface area contributed by atoms with Crippen molar-refractivity contribution in [2.45, 2.75) is 45.7 Å². The number of aliphatic imine (C=N–C) groups is 1. The van der Waals surface area contributed by atoms with E-state index in [1.165, 1.54) is 37.9 Å². The van der Waals surface area contributed by atoms with Crippen molar-refractivity contribution in [1.29, 1.82) is 0 Å². The van der Waals surface area contributed by atoms with Gasteiger partial charge in [-0.25, -0.2) is 0 Å². The van der Waals surface area contributed by atoms with Crippen LogP contribution in [0, 0.1) is 5.92 Å². The predicted molar refractivity (Wildman–Crippen MR) is 102 cm³/mol. The molecule has 0 aromatic carbocycles. The number of nitrogens with zero attached hydrogens (tertiary/aromatic N) is 3. The molecule has 1 fully saturated rings. The van der Waals surface area contributed by atoms with Crippen molar-refractivity contribution >= 4 is 5.96 Å². The van der Waals surface area contributed by atoms with Crippen LogP contribution in [0.4, 0.5) is 13.2 Å². The van der Waals surface area contributed by atoms with Gasteiger partial charge in [0.05, 0.1) is 6.54 Å². The third-order valence-corrected chi connectivity index (χ3v) is 4.58. The van der Waals surface area contributed by atoms with Gasteiger partial charge in [-0.2, -0.15) is 13.2 Å². The smallest absolute Gasteiger partial charge is 0.357 e. The van der Waals surface area contributed by atoms with Crippen LogP contribution < -0.4 is 10.6 Å². The molecule has 0 aromatic rings. The lowest BCUT2D eigenvalue weighted by Gasteiger charge is -2.30. The number of likely N-dealkylation sites (tertiary alicyclic amines) is 1. The highest BCUT2D eigenvalue weighted by Crippen LogP contribution is 2.16. The lowest BCUT2D eigenvalue weighted by molar-refractivity contribution is -0.143. The number of hydrogen-bond donors (Lipinski definition) is 2. The van der Waals surface area contributed by atoms with Gasteiger partial charge in [-0.1, -0.05) is 6.92 Å². The van der Waals surface area contributed by atoms with E-state index in [9.17, 15) is 13.2 Å². The number of rotatable bonds is 10. The first kappa shape index (κ1) is 23.0. The third-order valence-electron chi connectivity index (χ3n) is 4.58. The maximum Gasteiger partial charge on any atom is 0.401 e. The molecule has 0 atom stereocenters. The predicted octanol–water partition coefficient (Wildman–Crippen LogP) is 2.55. The minimum absolute atomic E-state index is 0.385. The van der Waals surface area contributed by atoms with Crippen molar-refractivity contribution in [3.8, 4) is 0 Å². The molecule has 1 saturated heterocycles. The third kappa shape index (κ3) is 11.6. The Morgan fingerprint density at radius 1 is 1.19 bits per heavy atom. The minimum atomic E-state index is -4.14. The Morgan fingerprint density at radius 2 is 1.88 bits per heavy atom. The van der Waals surface area contributed by atoms with Gasteiger partial charge in [-0.3, -0.25) is 9.89 Å². The first-order valence-corrected chi connectivity index (χ1v) is 9.80. The van der Waals surface area contributed by atoms with Crippen molar-refractivity contribution < 1.29 is 13.2 Å². The molecule has 1 rings (SSSR count). The normalized spacial score (nSPS) is 17.7. The number of nitrogens with one attached hydrogen (secondary N) is 2. The van der Waals surface area contributed by atoms with Crippen LogP contribution in [-0.4, -0.2) is 81.3 Å². The molecule has 1 aliphatic heterocycles. The van der Waals surface area contributed by atoms with Gasteiger partial charge >= 0.3 is 6.18 Å². The van der Waals surface area contributed by atoms with Gasteiger partial charge in [0.2, 0.25) is 0 Å². The molecular formula is C18H36F3N5. The Kier molecular flexibility index (Phi) is 11.0. The first-order chi connectivity index (χ1) is 12.3. The van der Waals surface area contributed by atoms with Gasteiger partial charge in [0.25, 0.3) is 0 Å². The van der Waals surface area contributed by atoms with E-state index < -0.39 is 12.7 Å². The molecule has 0 spiro atoms. The maximum atomic E-state index is 12.3. The van der Waals surface area contributed by atoms with E-state index in [-0.39, 0.29) is 0 Å². The molecule has 26 heavy (non-hydrogen) atoms. The van der Waals surface area contributed by atoms with E-state index in [0.29, 0.717) is 19.5 Å². The van der Waals surface area contributed by atoms with Crippen LogP contribution in [-0.2, 0) is 0 Å². The van der Waals surface area contributed by atoms with Crippen LogP contribution in [0.25, 0.3) is 0 Å². The Morgan fingerprint density at radius 3 is 2.50 bits per heavy atom. The van der Waals surface area contributed by atoms with Gasteiger partial charge in [0.1, 0.15) is 0 Å². The Hall–Kier alpha value is -1.02. The zero-order valence-corrected chi connectivity index (χ0v) is 16.5. The van der Waals surface area contributed by atoms with Crippen molar-refractivity contribution in [1.82, 2.24) is 20.4 Å².